The van der Waals surface area contributed by atoms with Crippen LogP contribution in [0.1, 0.15) is 32.1 Å². The Morgan fingerprint density at radius 2 is 1.53 bits per heavy atom. The summed E-state index contributed by atoms with van der Waals surface area (Å²) in [6.07, 6.45) is 4.05. The van der Waals surface area contributed by atoms with Crippen molar-refractivity contribution in [2.24, 2.45) is 0 Å². The minimum Gasteiger partial charge on any atom is -0.486 e. The van der Waals surface area contributed by atoms with Crippen LogP contribution in [-0.4, -0.2) is 6.10 Å². The molecule has 0 aromatic heterocycles. The van der Waals surface area contributed by atoms with Crippen molar-refractivity contribution < 1.29 is 22.3 Å². The van der Waals surface area contributed by atoms with E-state index in [2.05, 4.69) is 0 Å². The summed E-state index contributed by atoms with van der Waals surface area (Å²) in [5.74, 6) is -7.47. The second-order valence-corrected chi connectivity index (χ2v) is 4.09. The summed E-state index contributed by atoms with van der Waals surface area (Å²) in [7, 11) is 0. The van der Waals surface area contributed by atoms with Crippen LogP contribution < -0.4 is 4.74 Å². The van der Waals surface area contributed by atoms with Crippen LogP contribution in [0.4, 0.5) is 17.6 Å². The molecule has 1 aromatic rings. The number of hydrogen-bond acceptors (Lipinski definition) is 1. The number of hydrogen-bond donors (Lipinski definition) is 0. The van der Waals surface area contributed by atoms with E-state index < -0.39 is 29.0 Å². The van der Waals surface area contributed by atoms with Gasteiger partial charge >= 0.3 is 0 Å². The lowest BCUT2D eigenvalue weighted by Gasteiger charge is -2.23. The maximum atomic E-state index is 13.3. The van der Waals surface area contributed by atoms with E-state index in [1.165, 1.54) is 0 Å². The lowest BCUT2D eigenvalue weighted by atomic mass is 9.98. The van der Waals surface area contributed by atoms with Gasteiger partial charge in [0.15, 0.2) is 17.4 Å². The molecule has 5 heteroatoms. The van der Waals surface area contributed by atoms with Crippen LogP contribution in [0, 0.1) is 29.3 Å². The molecular formula is C12H11F4O. The smallest absolute Gasteiger partial charge is 0.204 e. The van der Waals surface area contributed by atoms with E-state index in [1.807, 2.05) is 0 Å². The Hall–Kier alpha value is -1.26. The second kappa shape index (κ2) is 4.94. The van der Waals surface area contributed by atoms with E-state index in [9.17, 15) is 17.6 Å². The van der Waals surface area contributed by atoms with E-state index in [4.69, 9.17) is 4.74 Å². The maximum absolute atomic E-state index is 13.3. The van der Waals surface area contributed by atoms with Gasteiger partial charge in [-0.1, -0.05) is 6.42 Å². The Balaban J connectivity index is 2.20. The molecule has 0 atom stereocenters. The van der Waals surface area contributed by atoms with Gasteiger partial charge in [0.2, 0.25) is 11.6 Å². The molecule has 0 bridgehead atoms. The number of benzene rings is 1. The fourth-order valence-corrected chi connectivity index (χ4v) is 1.93. The van der Waals surface area contributed by atoms with Gasteiger partial charge in [0, 0.05) is 0 Å². The van der Waals surface area contributed by atoms with Crippen LogP contribution in [0.2, 0.25) is 0 Å². The van der Waals surface area contributed by atoms with E-state index in [0.29, 0.717) is 12.8 Å². The normalized spacial score (nSPS) is 17.2. The third-order valence-electron chi connectivity index (χ3n) is 2.84. The Morgan fingerprint density at radius 1 is 0.882 bits per heavy atom. The van der Waals surface area contributed by atoms with Gasteiger partial charge in [-0.15, -0.1) is 0 Å². The highest BCUT2D eigenvalue weighted by atomic mass is 19.2. The Bertz CT molecular complexity index is 413. The van der Waals surface area contributed by atoms with Crippen LogP contribution in [0.3, 0.4) is 0 Å². The molecule has 1 fully saturated rings. The van der Waals surface area contributed by atoms with Crippen molar-refractivity contribution in [3.8, 4) is 5.75 Å². The summed E-state index contributed by atoms with van der Waals surface area (Å²) in [4.78, 5) is 0. The van der Waals surface area contributed by atoms with Crippen LogP contribution in [0.25, 0.3) is 0 Å². The predicted molar refractivity (Wildman–Crippen MR) is 52.6 cm³/mol. The van der Waals surface area contributed by atoms with Gasteiger partial charge in [-0.05, 0) is 25.7 Å². The highest BCUT2D eigenvalue weighted by molar-refractivity contribution is 5.26. The molecule has 1 aliphatic rings. The first-order valence-electron chi connectivity index (χ1n) is 5.51. The molecule has 1 saturated carbocycles. The summed E-state index contributed by atoms with van der Waals surface area (Å²) >= 11 is 0. The van der Waals surface area contributed by atoms with E-state index in [1.54, 1.807) is 6.07 Å². The zero-order chi connectivity index (χ0) is 12.4. The molecule has 2 rings (SSSR count). The molecule has 1 nitrogen and oxygen atoms in total. The molecule has 0 unspecified atom stereocenters. The summed E-state index contributed by atoms with van der Waals surface area (Å²) < 4.78 is 56.8. The van der Waals surface area contributed by atoms with E-state index in [0.717, 1.165) is 19.3 Å². The zero-order valence-corrected chi connectivity index (χ0v) is 9.03. The van der Waals surface area contributed by atoms with Crippen molar-refractivity contribution in [3.05, 3.63) is 29.3 Å². The molecule has 1 radical (unpaired) electrons. The van der Waals surface area contributed by atoms with Gasteiger partial charge in [0.25, 0.3) is 0 Å². The summed E-state index contributed by atoms with van der Waals surface area (Å²) in [6.45, 7) is 0. The van der Waals surface area contributed by atoms with Crippen LogP contribution >= 0.6 is 0 Å². The standard InChI is InChI=1S/C12H11F4O/c13-8-6-9(11(15)12(16)10(8)14)17-7-4-2-1-3-5-7/h7H,1-5H2. The quantitative estimate of drug-likeness (QED) is 0.439. The third-order valence-corrected chi connectivity index (χ3v) is 2.84. The molecule has 0 amide bonds. The zero-order valence-electron chi connectivity index (χ0n) is 9.03. The molecule has 0 heterocycles. The van der Waals surface area contributed by atoms with Crippen molar-refractivity contribution in [2.45, 2.75) is 38.2 Å². The van der Waals surface area contributed by atoms with Crippen molar-refractivity contribution in [1.82, 2.24) is 0 Å². The lowest BCUT2D eigenvalue weighted by molar-refractivity contribution is 0.145. The fraction of sp³-hybridized carbons (Fsp3) is 0.500. The Morgan fingerprint density at radius 3 is 2.18 bits per heavy atom. The first-order valence-corrected chi connectivity index (χ1v) is 5.51. The molecule has 17 heavy (non-hydrogen) atoms. The molecule has 0 saturated heterocycles. The van der Waals surface area contributed by atoms with Gasteiger partial charge < -0.3 is 4.74 Å². The van der Waals surface area contributed by atoms with Crippen LogP contribution in [-0.2, 0) is 0 Å². The molecule has 0 aliphatic heterocycles. The molecule has 0 N–H and O–H groups in total. The summed E-state index contributed by atoms with van der Waals surface area (Å²) in [5.41, 5.74) is 0. The molecule has 1 aromatic carbocycles. The predicted octanol–water partition coefficient (Wildman–Crippen LogP) is 3.75. The minimum atomic E-state index is -1.86. The molecule has 93 valence electrons. The monoisotopic (exact) mass is 247 g/mol. The topological polar surface area (TPSA) is 9.23 Å². The number of halogens is 4. The highest BCUT2D eigenvalue weighted by Gasteiger charge is 2.23. The lowest BCUT2D eigenvalue weighted by Crippen LogP contribution is -2.20. The minimum absolute atomic E-state index is 0.279. The third kappa shape index (κ3) is 2.53. The maximum Gasteiger partial charge on any atom is 0.204 e. The largest absolute Gasteiger partial charge is 0.486 e. The summed E-state index contributed by atoms with van der Waals surface area (Å²) in [5, 5.41) is 0. The molecular weight excluding hydrogens is 236 g/mol. The van der Waals surface area contributed by atoms with E-state index >= 15 is 0 Å². The SMILES string of the molecule is Fc1[c]c(OC2CCCCC2)c(F)c(F)c1F. The Kier molecular flexibility index (Phi) is 3.54. The van der Waals surface area contributed by atoms with Crippen molar-refractivity contribution in [1.29, 1.82) is 0 Å². The van der Waals surface area contributed by atoms with Gasteiger partial charge in [0.05, 0.1) is 12.2 Å². The number of ether oxygens (including phenoxy) is 1. The van der Waals surface area contributed by atoms with Gasteiger partial charge in [-0.3, -0.25) is 0 Å². The highest BCUT2D eigenvalue weighted by Crippen LogP contribution is 2.28. The van der Waals surface area contributed by atoms with Crippen molar-refractivity contribution in [3.63, 3.8) is 0 Å². The second-order valence-electron chi connectivity index (χ2n) is 4.09. The van der Waals surface area contributed by atoms with Crippen LogP contribution in [0.15, 0.2) is 0 Å². The molecule has 1 aliphatic carbocycles. The number of rotatable bonds is 2. The summed E-state index contributed by atoms with van der Waals surface area (Å²) in [6, 6.07) is 1.75. The Labute approximate surface area is 96.4 Å². The van der Waals surface area contributed by atoms with Crippen molar-refractivity contribution in [2.75, 3.05) is 0 Å². The van der Waals surface area contributed by atoms with Gasteiger partial charge in [0.1, 0.15) is 0 Å². The van der Waals surface area contributed by atoms with Gasteiger partial charge in [-0.25, -0.2) is 13.2 Å². The van der Waals surface area contributed by atoms with E-state index in [-0.39, 0.29) is 6.10 Å². The van der Waals surface area contributed by atoms with Crippen LogP contribution in [0.5, 0.6) is 5.75 Å². The average molecular weight is 247 g/mol. The van der Waals surface area contributed by atoms with Crippen molar-refractivity contribution >= 4 is 0 Å². The molecule has 0 spiro atoms. The average Bonchev–Trinajstić information content (AvgIpc) is 2.35. The first kappa shape index (κ1) is 12.2. The fourth-order valence-electron chi connectivity index (χ4n) is 1.93. The van der Waals surface area contributed by atoms with Gasteiger partial charge in [-0.2, -0.15) is 4.39 Å². The first-order chi connectivity index (χ1) is 8.09.